The molecule has 0 fully saturated rings. The van der Waals surface area contributed by atoms with E-state index in [1.807, 2.05) is 26.0 Å². The van der Waals surface area contributed by atoms with Gasteiger partial charge in [-0.2, -0.15) is 0 Å². The van der Waals surface area contributed by atoms with Crippen molar-refractivity contribution in [3.05, 3.63) is 28.2 Å². The lowest BCUT2D eigenvalue weighted by Gasteiger charge is -2.25. The third kappa shape index (κ3) is 1.79. The normalized spacial score (nSPS) is 20.4. The third-order valence-electron chi connectivity index (χ3n) is 2.67. The van der Waals surface area contributed by atoms with Crippen LogP contribution < -0.4 is 5.32 Å². The first-order chi connectivity index (χ1) is 6.47. The molecule has 3 heteroatoms. The van der Waals surface area contributed by atoms with Gasteiger partial charge in [-0.3, -0.25) is 0 Å². The Morgan fingerprint density at radius 2 is 2.21 bits per heavy atom. The van der Waals surface area contributed by atoms with E-state index in [1.165, 1.54) is 5.56 Å². The quantitative estimate of drug-likeness (QED) is 0.809. The molecule has 0 saturated carbocycles. The summed E-state index contributed by atoms with van der Waals surface area (Å²) in [7, 11) is 0. The SMILES string of the molecule is CC(C)(O)C1Cc2cc(Br)ccc2N1. The van der Waals surface area contributed by atoms with Crippen molar-refractivity contribution in [1.29, 1.82) is 0 Å². The van der Waals surface area contributed by atoms with Crippen LogP contribution in [0.5, 0.6) is 0 Å². The Morgan fingerprint density at radius 3 is 2.86 bits per heavy atom. The highest BCUT2D eigenvalue weighted by Crippen LogP contribution is 2.32. The Morgan fingerprint density at radius 1 is 1.50 bits per heavy atom. The van der Waals surface area contributed by atoms with Gasteiger partial charge in [-0.25, -0.2) is 0 Å². The van der Waals surface area contributed by atoms with Gasteiger partial charge in [0.05, 0.1) is 11.6 Å². The lowest BCUT2D eigenvalue weighted by atomic mass is 9.96. The summed E-state index contributed by atoms with van der Waals surface area (Å²) in [6, 6.07) is 6.28. The highest BCUT2D eigenvalue weighted by Gasteiger charge is 2.32. The van der Waals surface area contributed by atoms with Gasteiger partial charge in [-0.05, 0) is 44.0 Å². The van der Waals surface area contributed by atoms with Crippen molar-refractivity contribution in [2.45, 2.75) is 31.9 Å². The van der Waals surface area contributed by atoms with Crippen molar-refractivity contribution in [3.8, 4) is 0 Å². The maximum absolute atomic E-state index is 9.88. The zero-order valence-electron chi connectivity index (χ0n) is 8.34. The van der Waals surface area contributed by atoms with Gasteiger partial charge in [0.2, 0.25) is 0 Å². The van der Waals surface area contributed by atoms with E-state index in [1.54, 1.807) is 0 Å². The minimum absolute atomic E-state index is 0.117. The van der Waals surface area contributed by atoms with Crippen LogP contribution in [0.25, 0.3) is 0 Å². The number of aliphatic hydroxyl groups is 1. The molecule has 2 nitrogen and oxygen atoms in total. The minimum atomic E-state index is -0.675. The lowest BCUT2D eigenvalue weighted by Crippen LogP contribution is -2.40. The van der Waals surface area contributed by atoms with Gasteiger partial charge in [-0.15, -0.1) is 0 Å². The van der Waals surface area contributed by atoms with Crippen molar-refractivity contribution in [2.24, 2.45) is 0 Å². The molecule has 1 aliphatic rings. The first-order valence-corrected chi connectivity index (χ1v) is 5.53. The molecule has 1 heterocycles. The largest absolute Gasteiger partial charge is 0.388 e. The number of fused-ring (bicyclic) bond motifs is 1. The van der Waals surface area contributed by atoms with Crippen LogP contribution in [-0.4, -0.2) is 16.7 Å². The Kier molecular flexibility index (Phi) is 2.32. The fourth-order valence-electron chi connectivity index (χ4n) is 1.76. The van der Waals surface area contributed by atoms with Crippen LogP contribution in [0, 0.1) is 0 Å². The van der Waals surface area contributed by atoms with Crippen molar-refractivity contribution in [2.75, 3.05) is 5.32 Å². The molecule has 1 atom stereocenters. The van der Waals surface area contributed by atoms with Gasteiger partial charge >= 0.3 is 0 Å². The number of halogens is 1. The van der Waals surface area contributed by atoms with Crippen LogP contribution in [0.15, 0.2) is 22.7 Å². The second-order valence-corrected chi connectivity index (χ2v) is 5.27. The molecule has 2 N–H and O–H groups in total. The summed E-state index contributed by atoms with van der Waals surface area (Å²) < 4.78 is 1.09. The summed E-state index contributed by atoms with van der Waals surface area (Å²) in [5.74, 6) is 0. The van der Waals surface area contributed by atoms with Gasteiger partial charge < -0.3 is 10.4 Å². The van der Waals surface area contributed by atoms with Gasteiger partial charge in [0, 0.05) is 10.2 Å². The standard InChI is InChI=1S/C11H14BrNO/c1-11(2,14)10-6-7-5-8(12)3-4-9(7)13-10/h3-5,10,13-14H,6H2,1-2H3. The van der Waals surface area contributed by atoms with Crippen LogP contribution in [0.1, 0.15) is 19.4 Å². The van der Waals surface area contributed by atoms with Gasteiger partial charge in [0.1, 0.15) is 0 Å². The Balaban J connectivity index is 2.26. The van der Waals surface area contributed by atoms with E-state index in [0.29, 0.717) is 0 Å². The molecular weight excluding hydrogens is 242 g/mol. The van der Waals surface area contributed by atoms with Crippen LogP contribution in [0.4, 0.5) is 5.69 Å². The molecule has 2 rings (SSSR count). The van der Waals surface area contributed by atoms with Crippen molar-refractivity contribution >= 4 is 21.6 Å². The lowest BCUT2D eigenvalue weighted by molar-refractivity contribution is 0.0614. The van der Waals surface area contributed by atoms with Crippen LogP contribution >= 0.6 is 15.9 Å². The Hall–Kier alpha value is -0.540. The van der Waals surface area contributed by atoms with E-state index in [0.717, 1.165) is 16.6 Å². The van der Waals surface area contributed by atoms with Gasteiger partial charge in [0.25, 0.3) is 0 Å². The van der Waals surface area contributed by atoms with E-state index in [-0.39, 0.29) is 6.04 Å². The third-order valence-corrected chi connectivity index (χ3v) is 3.17. The monoisotopic (exact) mass is 255 g/mol. The highest BCUT2D eigenvalue weighted by atomic mass is 79.9. The van der Waals surface area contributed by atoms with Gasteiger partial charge in [0.15, 0.2) is 0 Å². The predicted octanol–water partition coefficient (Wildman–Crippen LogP) is 2.56. The molecule has 14 heavy (non-hydrogen) atoms. The van der Waals surface area contributed by atoms with Crippen molar-refractivity contribution in [3.63, 3.8) is 0 Å². The summed E-state index contributed by atoms with van der Waals surface area (Å²) in [6.07, 6.45) is 0.887. The molecule has 0 spiro atoms. The predicted molar refractivity (Wildman–Crippen MR) is 61.6 cm³/mol. The molecule has 0 aromatic heterocycles. The zero-order valence-corrected chi connectivity index (χ0v) is 9.93. The number of hydrogen-bond acceptors (Lipinski definition) is 2. The maximum Gasteiger partial charge on any atom is 0.0795 e. The summed E-state index contributed by atoms with van der Waals surface area (Å²) in [4.78, 5) is 0. The molecule has 1 unspecified atom stereocenters. The van der Waals surface area contributed by atoms with E-state index in [2.05, 4.69) is 27.3 Å². The molecule has 0 aliphatic carbocycles. The highest BCUT2D eigenvalue weighted by molar-refractivity contribution is 9.10. The van der Waals surface area contributed by atoms with E-state index >= 15 is 0 Å². The molecule has 0 radical (unpaired) electrons. The zero-order chi connectivity index (χ0) is 10.3. The van der Waals surface area contributed by atoms with E-state index < -0.39 is 5.60 Å². The number of rotatable bonds is 1. The van der Waals surface area contributed by atoms with E-state index in [9.17, 15) is 5.11 Å². The van der Waals surface area contributed by atoms with Crippen LogP contribution in [0.3, 0.4) is 0 Å². The average molecular weight is 256 g/mol. The average Bonchev–Trinajstić information content (AvgIpc) is 2.45. The molecule has 1 aromatic rings. The van der Waals surface area contributed by atoms with Crippen molar-refractivity contribution in [1.82, 2.24) is 0 Å². The van der Waals surface area contributed by atoms with Crippen molar-refractivity contribution < 1.29 is 5.11 Å². The molecule has 0 bridgehead atoms. The van der Waals surface area contributed by atoms with Crippen LogP contribution in [0.2, 0.25) is 0 Å². The molecule has 76 valence electrons. The molecule has 0 amide bonds. The second kappa shape index (κ2) is 3.24. The summed E-state index contributed by atoms with van der Waals surface area (Å²) in [6.45, 7) is 3.68. The topological polar surface area (TPSA) is 32.3 Å². The number of hydrogen-bond donors (Lipinski definition) is 2. The second-order valence-electron chi connectivity index (χ2n) is 4.36. The van der Waals surface area contributed by atoms with Gasteiger partial charge in [-0.1, -0.05) is 15.9 Å². The summed E-state index contributed by atoms with van der Waals surface area (Å²) in [5.41, 5.74) is 1.73. The first kappa shape index (κ1) is 9.99. The molecule has 0 saturated heterocycles. The molecule has 1 aliphatic heterocycles. The first-order valence-electron chi connectivity index (χ1n) is 4.74. The summed E-state index contributed by atoms with van der Waals surface area (Å²) >= 11 is 3.44. The fraction of sp³-hybridized carbons (Fsp3) is 0.455. The molecular formula is C11H14BrNO. The van der Waals surface area contributed by atoms with Crippen LogP contribution in [-0.2, 0) is 6.42 Å². The smallest absolute Gasteiger partial charge is 0.0795 e. The number of anilines is 1. The minimum Gasteiger partial charge on any atom is -0.388 e. The Labute approximate surface area is 92.5 Å². The maximum atomic E-state index is 9.88. The fourth-order valence-corrected chi connectivity index (χ4v) is 2.17. The summed E-state index contributed by atoms with van der Waals surface area (Å²) in [5, 5.41) is 13.2. The van der Waals surface area contributed by atoms with E-state index in [4.69, 9.17) is 0 Å². The number of benzene rings is 1. The number of nitrogens with one attached hydrogen (secondary N) is 1. The Bertz CT molecular complexity index is 357. The molecule has 1 aromatic carbocycles.